The lowest BCUT2D eigenvalue weighted by atomic mass is 9.86. The van der Waals surface area contributed by atoms with Crippen LogP contribution in [0.3, 0.4) is 0 Å². The summed E-state index contributed by atoms with van der Waals surface area (Å²) in [5, 5.41) is 14.5. The normalized spacial score (nSPS) is 19.2. The molecule has 3 aromatic rings. The second-order valence-corrected chi connectivity index (χ2v) is 12.9. The molecule has 2 N–H and O–H groups in total. The summed E-state index contributed by atoms with van der Waals surface area (Å²) in [6.07, 6.45) is 1.93. The lowest BCUT2D eigenvalue weighted by molar-refractivity contribution is -0.137. The summed E-state index contributed by atoms with van der Waals surface area (Å²) >= 11 is 0. The molecule has 1 aliphatic carbocycles. The average molecular weight is 603 g/mol. The number of aromatic nitrogens is 3. The fraction of sp³-hybridized carbons (Fsp3) is 0.414. The van der Waals surface area contributed by atoms with Crippen LogP contribution in [0.5, 0.6) is 0 Å². The van der Waals surface area contributed by atoms with Crippen LogP contribution in [-0.2, 0) is 40.4 Å². The second-order valence-electron chi connectivity index (χ2n) is 11.1. The van der Waals surface area contributed by atoms with Gasteiger partial charge in [0.15, 0.2) is 0 Å². The van der Waals surface area contributed by atoms with Gasteiger partial charge in [-0.1, -0.05) is 43.3 Å². The molecule has 2 aliphatic rings. The first-order valence-electron chi connectivity index (χ1n) is 13.8. The lowest BCUT2D eigenvalue weighted by Gasteiger charge is -2.31. The Hall–Kier alpha value is -3.71. The summed E-state index contributed by atoms with van der Waals surface area (Å²) in [7, 11) is -4.49. The van der Waals surface area contributed by atoms with Gasteiger partial charge in [0.1, 0.15) is 6.04 Å². The quantitative estimate of drug-likeness (QED) is 0.381. The molecule has 2 aromatic carbocycles. The van der Waals surface area contributed by atoms with Crippen molar-refractivity contribution in [3.05, 3.63) is 89.0 Å². The van der Waals surface area contributed by atoms with Crippen molar-refractivity contribution in [3.63, 3.8) is 0 Å². The minimum absolute atomic E-state index is 0.0577. The number of hydrogen-bond donors (Lipinski definition) is 2. The number of benzene rings is 2. The van der Waals surface area contributed by atoms with Gasteiger partial charge in [-0.3, -0.25) is 9.10 Å². The third kappa shape index (κ3) is 6.36. The highest BCUT2D eigenvalue weighted by atomic mass is 32.2. The molecule has 0 unspecified atom stereocenters. The molecule has 0 radical (unpaired) electrons. The van der Waals surface area contributed by atoms with Crippen molar-refractivity contribution < 1.29 is 26.4 Å². The van der Waals surface area contributed by atoms with Crippen LogP contribution in [0.2, 0.25) is 0 Å². The predicted molar refractivity (Wildman–Crippen MR) is 149 cm³/mol. The first-order valence-corrected chi connectivity index (χ1v) is 15.3. The minimum Gasteiger partial charge on any atom is -0.329 e. The van der Waals surface area contributed by atoms with E-state index in [0.29, 0.717) is 17.7 Å². The van der Waals surface area contributed by atoms with Crippen molar-refractivity contribution in [2.75, 3.05) is 6.54 Å². The highest BCUT2D eigenvalue weighted by molar-refractivity contribution is 7.89. The van der Waals surface area contributed by atoms with Crippen LogP contribution in [-0.4, -0.2) is 46.2 Å². The van der Waals surface area contributed by atoms with Gasteiger partial charge < -0.3 is 10.6 Å². The van der Waals surface area contributed by atoms with Crippen LogP contribution in [0.15, 0.2) is 66.0 Å². The van der Waals surface area contributed by atoms with Gasteiger partial charge in [-0.05, 0) is 66.6 Å². The molecule has 0 saturated carbocycles. The second kappa shape index (κ2) is 11.9. The molecule has 1 aliphatic heterocycles. The molecule has 13 heteroatoms. The highest BCUT2D eigenvalue weighted by Gasteiger charge is 2.38. The number of carbonyl (C=O) groups excluding carboxylic acids is 1. The molecule has 9 nitrogen and oxygen atoms in total. The molecule has 42 heavy (non-hydrogen) atoms. The van der Waals surface area contributed by atoms with Crippen molar-refractivity contribution >= 4 is 15.9 Å². The van der Waals surface area contributed by atoms with Crippen molar-refractivity contribution in [1.29, 1.82) is 0 Å². The standard InChI is InChI=1S/C29H33F3N6O3S/c1-19(2)16-33-17-20-9-10-25-21(13-20)5-3-8-26(25)37-18-23(35-36-37)15-27-28(39)34-11-12-38(27)42(40,41)24-7-4-6-22(14-24)29(30,31)32/h4,6-7,9-14,18-19,26-27,33H,3,5,8,15-17H2,1-2H3,(H,34,39)/t26-,27+/m0/s1. The Kier molecular flexibility index (Phi) is 8.42. The van der Waals surface area contributed by atoms with E-state index < -0.39 is 38.6 Å². The zero-order chi connectivity index (χ0) is 30.1. The van der Waals surface area contributed by atoms with Gasteiger partial charge in [-0.25, -0.2) is 13.1 Å². The Morgan fingerprint density at radius 1 is 1.17 bits per heavy atom. The van der Waals surface area contributed by atoms with Crippen molar-refractivity contribution in [2.24, 2.45) is 5.92 Å². The van der Waals surface area contributed by atoms with Crippen LogP contribution in [0.1, 0.15) is 60.7 Å². The number of nitrogens with one attached hydrogen (secondary N) is 2. The van der Waals surface area contributed by atoms with E-state index in [-0.39, 0.29) is 12.5 Å². The van der Waals surface area contributed by atoms with Crippen molar-refractivity contribution in [3.8, 4) is 0 Å². The highest BCUT2D eigenvalue weighted by Crippen LogP contribution is 2.34. The van der Waals surface area contributed by atoms with E-state index in [1.165, 1.54) is 11.1 Å². The number of alkyl halides is 3. The van der Waals surface area contributed by atoms with Crippen LogP contribution < -0.4 is 10.6 Å². The summed E-state index contributed by atoms with van der Waals surface area (Å²) in [5.41, 5.74) is 2.91. The molecular weight excluding hydrogens is 569 g/mol. The number of amides is 1. The maximum atomic E-state index is 13.4. The molecular formula is C29H33F3N6O3S. The summed E-state index contributed by atoms with van der Waals surface area (Å²) < 4.78 is 69.1. The predicted octanol–water partition coefficient (Wildman–Crippen LogP) is 4.17. The van der Waals surface area contributed by atoms with Crippen molar-refractivity contribution in [1.82, 2.24) is 29.9 Å². The van der Waals surface area contributed by atoms with Crippen molar-refractivity contribution in [2.45, 2.75) is 69.2 Å². The number of sulfonamides is 1. The monoisotopic (exact) mass is 602 g/mol. The smallest absolute Gasteiger partial charge is 0.329 e. The van der Waals surface area contributed by atoms with E-state index >= 15 is 0 Å². The first kappa shape index (κ1) is 29.8. The molecule has 2 heterocycles. The third-order valence-electron chi connectivity index (χ3n) is 7.44. The average Bonchev–Trinajstić information content (AvgIpc) is 3.41. The number of hydrogen-bond acceptors (Lipinski definition) is 6. The van der Waals surface area contributed by atoms with Crippen LogP contribution >= 0.6 is 0 Å². The lowest BCUT2D eigenvalue weighted by Crippen LogP contribution is -2.50. The zero-order valence-corrected chi connectivity index (χ0v) is 24.1. The van der Waals surface area contributed by atoms with Gasteiger partial charge in [0.05, 0.1) is 22.2 Å². The molecule has 1 amide bonds. The third-order valence-corrected chi connectivity index (χ3v) is 9.23. The SMILES string of the molecule is CC(C)CNCc1ccc2c(c1)CCC[C@@H]2n1cc(C[C@@H]2C(=O)NC=CN2S(=O)(=O)c2cccc(C(F)(F)F)c2)nn1. The maximum absolute atomic E-state index is 13.4. The van der Waals surface area contributed by atoms with E-state index in [2.05, 4.69) is 53.0 Å². The molecule has 0 spiro atoms. The van der Waals surface area contributed by atoms with E-state index in [1.807, 2.05) is 0 Å². The number of nitrogens with zero attached hydrogens (tertiary/aromatic N) is 4. The molecule has 2 atom stereocenters. The maximum Gasteiger partial charge on any atom is 0.416 e. The van der Waals surface area contributed by atoms with Gasteiger partial charge in [0.25, 0.3) is 10.0 Å². The number of halogens is 3. The van der Waals surface area contributed by atoms with Crippen LogP contribution in [0.4, 0.5) is 13.2 Å². The molecule has 224 valence electrons. The number of fused-ring (bicyclic) bond motifs is 1. The molecule has 1 aromatic heterocycles. The summed E-state index contributed by atoms with van der Waals surface area (Å²) in [6.45, 7) is 6.07. The Balaban J connectivity index is 1.36. The Bertz CT molecular complexity index is 1590. The van der Waals surface area contributed by atoms with E-state index in [4.69, 9.17) is 0 Å². The molecule has 5 rings (SSSR count). The fourth-order valence-electron chi connectivity index (χ4n) is 5.38. The summed E-state index contributed by atoms with van der Waals surface area (Å²) in [4.78, 5) is 12.3. The van der Waals surface area contributed by atoms with E-state index in [1.54, 1.807) is 10.9 Å². The molecule has 0 bridgehead atoms. The molecule has 0 saturated heterocycles. The Morgan fingerprint density at radius 2 is 1.98 bits per heavy atom. The van der Waals surface area contributed by atoms with E-state index in [0.717, 1.165) is 72.8 Å². The number of rotatable bonds is 9. The summed E-state index contributed by atoms with van der Waals surface area (Å²) in [5.74, 6) is -0.0544. The van der Waals surface area contributed by atoms with Crippen LogP contribution in [0, 0.1) is 5.92 Å². The van der Waals surface area contributed by atoms with Crippen LogP contribution in [0.25, 0.3) is 0 Å². The Morgan fingerprint density at radius 3 is 2.74 bits per heavy atom. The minimum atomic E-state index is -4.72. The van der Waals surface area contributed by atoms with Gasteiger partial charge >= 0.3 is 6.18 Å². The zero-order valence-electron chi connectivity index (χ0n) is 23.3. The molecule has 0 fully saturated rings. The summed E-state index contributed by atoms with van der Waals surface area (Å²) in [6, 6.07) is 8.59. The fourth-order valence-corrected chi connectivity index (χ4v) is 6.88. The van der Waals surface area contributed by atoms with Gasteiger partial charge in [0.2, 0.25) is 5.91 Å². The first-order chi connectivity index (χ1) is 19.9. The number of aryl methyl sites for hydroxylation is 1. The Labute approximate surface area is 242 Å². The largest absolute Gasteiger partial charge is 0.416 e. The van der Waals surface area contributed by atoms with Gasteiger partial charge in [-0.15, -0.1) is 5.10 Å². The van der Waals surface area contributed by atoms with Gasteiger partial charge in [0, 0.05) is 31.6 Å². The number of carbonyl (C=O) groups is 1. The van der Waals surface area contributed by atoms with E-state index in [9.17, 15) is 26.4 Å². The topological polar surface area (TPSA) is 109 Å². The van der Waals surface area contributed by atoms with Gasteiger partial charge in [-0.2, -0.15) is 13.2 Å².